The molecule has 5 unspecified atom stereocenters. The zero-order valence-corrected chi connectivity index (χ0v) is 16.6. The van der Waals surface area contributed by atoms with Gasteiger partial charge in [0.1, 0.15) is 0 Å². The average Bonchev–Trinajstić information content (AvgIpc) is 3.20. The number of fused-ring (bicyclic) bond motifs is 5. The monoisotopic (exact) mass is 382 g/mol. The number of rotatable bonds is 1. The molecule has 0 N–H and O–H groups in total. The van der Waals surface area contributed by atoms with Crippen molar-refractivity contribution < 1.29 is 19.1 Å². The van der Waals surface area contributed by atoms with Gasteiger partial charge < -0.3 is 14.4 Å². The van der Waals surface area contributed by atoms with Crippen LogP contribution in [0.2, 0.25) is 0 Å². The summed E-state index contributed by atoms with van der Waals surface area (Å²) in [5.41, 5.74) is 2.25. The second-order valence-electron chi connectivity index (χ2n) is 8.53. The van der Waals surface area contributed by atoms with Gasteiger partial charge in [-0.25, -0.2) is 4.79 Å². The molecule has 0 radical (unpaired) electrons. The predicted octanol–water partition coefficient (Wildman–Crippen LogP) is 2.09. The van der Waals surface area contributed by atoms with Gasteiger partial charge in [-0.15, -0.1) is 0 Å². The Kier molecular flexibility index (Phi) is 3.85. The molecule has 6 nitrogen and oxygen atoms in total. The summed E-state index contributed by atoms with van der Waals surface area (Å²) in [6.07, 6.45) is 3.23. The minimum absolute atomic E-state index is 0.0464. The number of anilines is 1. The fourth-order valence-electron chi connectivity index (χ4n) is 6.09. The predicted molar refractivity (Wildman–Crippen MR) is 104 cm³/mol. The number of likely N-dealkylation sites (N-methyl/N-ethyl adjacent to an activating group) is 1. The number of piperidine rings is 1. The van der Waals surface area contributed by atoms with Crippen LogP contribution in [0.25, 0.3) is 0 Å². The molecule has 1 aromatic rings. The van der Waals surface area contributed by atoms with E-state index in [1.165, 1.54) is 7.11 Å². The third-order valence-electron chi connectivity index (χ3n) is 7.51. The zero-order valence-electron chi connectivity index (χ0n) is 16.6. The van der Waals surface area contributed by atoms with Crippen molar-refractivity contribution in [2.45, 2.75) is 37.3 Å². The number of amides is 1. The first-order chi connectivity index (χ1) is 13.5. The van der Waals surface area contributed by atoms with Gasteiger partial charge in [0, 0.05) is 37.2 Å². The molecule has 28 heavy (non-hydrogen) atoms. The number of hydrogen-bond donors (Lipinski definition) is 0. The standard InChI is InChI=1S/C22H26N2O4/c1-13-15-11-24-9-8-22(17-6-4-5-7-18(17)23(2)21(22)26)19(24)10-14(15)16(12-28-13)20(25)27-3/h4-7,12-15,19H,8-11H2,1-3H3. The van der Waals surface area contributed by atoms with Crippen molar-refractivity contribution in [2.75, 3.05) is 32.1 Å². The maximum atomic E-state index is 13.5. The van der Waals surface area contributed by atoms with E-state index < -0.39 is 5.41 Å². The van der Waals surface area contributed by atoms with Crippen molar-refractivity contribution in [2.24, 2.45) is 11.8 Å². The Morgan fingerprint density at radius 3 is 2.89 bits per heavy atom. The third kappa shape index (κ3) is 2.12. The maximum Gasteiger partial charge on any atom is 0.337 e. The number of ether oxygens (including phenoxy) is 2. The molecule has 4 aliphatic rings. The molecule has 5 atom stereocenters. The van der Waals surface area contributed by atoms with E-state index in [-0.39, 0.29) is 35.9 Å². The zero-order chi connectivity index (χ0) is 19.6. The first-order valence-electron chi connectivity index (χ1n) is 10.0. The first kappa shape index (κ1) is 17.7. The SMILES string of the molecule is COC(=O)C1=COC(C)C2CN3CCC4(C(=O)N(C)c5ccccc54)C3CC12. The highest BCUT2D eigenvalue weighted by Crippen LogP contribution is 2.55. The van der Waals surface area contributed by atoms with Crippen LogP contribution in [0.4, 0.5) is 5.69 Å². The number of para-hydroxylation sites is 1. The van der Waals surface area contributed by atoms with Crippen LogP contribution >= 0.6 is 0 Å². The number of benzene rings is 1. The van der Waals surface area contributed by atoms with Crippen LogP contribution in [0.15, 0.2) is 36.1 Å². The number of carbonyl (C=O) groups excluding carboxylic acids is 2. The van der Waals surface area contributed by atoms with Crippen LogP contribution in [0, 0.1) is 11.8 Å². The topological polar surface area (TPSA) is 59.1 Å². The lowest BCUT2D eigenvalue weighted by atomic mass is 9.66. The number of esters is 1. The molecule has 0 bridgehead atoms. The van der Waals surface area contributed by atoms with Gasteiger partial charge in [0.05, 0.1) is 30.5 Å². The van der Waals surface area contributed by atoms with E-state index in [0.29, 0.717) is 5.57 Å². The first-order valence-corrected chi connectivity index (χ1v) is 10.0. The summed E-state index contributed by atoms with van der Waals surface area (Å²) in [6, 6.07) is 8.25. The molecule has 4 heterocycles. The van der Waals surface area contributed by atoms with Gasteiger partial charge in [0.2, 0.25) is 5.91 Å². The Bertz CT molecular complexity index is 881. The second-order valence-corrected chi connectivity index (χ2v) is 8.53. The molecule has 1 aromatic carbocycles. The number of hydrogen-bond acceptors (Lipinski definition) is 5. The van der Waals surface area contributed by atoms with Crippen LogP contribution < -0.4 is 4.90 Å². The quantitative estimate of drug-likeness (QED) is 0.696. The highest BCUT2D eigenvalue weighted by molar-refractivity contribution is 6.08. The summed E-state index contributed by atoms with van der Waals surface area (Å²) in [7, 11) is 3.29. The highest BCUT2D eigenvalue weighted by Gasteiger charge is 2.62. The minimum atomic E-state index is -0.515. The van der Waals surface area contributed by atoms with Gasteiger partial charge in [-0.3, -0.25) is 9.69 Å². The highest BCUT2D eigenvalue weighted by atomic mass is 16.5. The molecule has 1 amide bonds. The van der Waals surface area contributed by atoms with Crippen LogP contribution in [-0.2, 0) is 24.5 Å². The molecule has 4 aliphatic heterocycles. The summed E-state index contributed by atoms with van der Waals surface area (Å²) in [5.74, 6) is 0.147. The van der Waals surface area contributed by atoms with E-state index in [0.717, 1.165) is 37.2 Å². The Morgan fingerprint density at radius 2 is 2.11 bits per heavy atom. The summed E-state index contributed by atoms with van der Waals surface area (Å²) in [5, 5.41) is 0. The summed E-state index contributed by atoms with van der Waals surface area (Å²) in [6.45, 7) is 3.80. The summed E-state index contributed by atoms with van der Waals surface area (Å²) >= 11 is 0. The molecule has 1 spiro atoms. The fraction of sp³-hybridized carbons (Fsp3) is 0.545. The van der Waals surface area contributed by atoms with Gasteiger partial charge in [-0.05, 0) is 37.9 Å². The lowest BCUT2D eigenvalue weighted by Crippen LogP contribution is -2.57. The van der Waals surface area contributed by atoms with E-state index in [1.54, 1.807) is 6.26 Å². The van der Waals surface area contributed by atoms with E-state index in [1.807, 2.05) is 30.1 Å². The van der Waals surface area contributed by atoms with Gasteiger partial charge in [-0.2, -0.15) is 0 Å². The lowest BCUT2D eigenvalue weighted by molar-refractivity contribution is -0.139. The van der Waals surface area contributed by atoms with E-state index >= 15 is 0 Å². The smallest absolute Gasteiger partial charge is 0.337 e. The Labute approximate surface area is 165 Å². The normalized spacial score (nSPS) is 36.5. The van der Waals surface area contributed by atoms with Crippen molar-refractivity contribution >= 4 is 17.6 Å². The van der Waals surface area contributed by atoms with Crippen LogP contribution in [0.5, 0.6) is 0 Å². The Balaban J connectivity index is 1.57. The number of nitrogens with zero attached hydrogens (tertiary/aromatic N) is 2. The van der Waals surface area contributed by atoms with Crippen LogP contribution in [0.3, 0.4) is 0 Å². The Hall–Kier alpha value is -2.34. The molecule has 2 saturated heterocycles. The molecular weight excluding hydrogens is 356 g/mol. The average molecular weight is 382 g/mol. The fourth-order valence-corrected chi connectivity index (χ4v) is 6.09. The largest absolute Gasteiger partial charge is 0.497 e. The molecule has 0 saturated carbocycles. The van der Waals surface area contributed by atoms with Crippen LogP contribution in [-0.4, -0.2) is 56.2 Å². The van der Waals surface area contributed by atoms with Crippen LogP contribution in [0.1, 0.15) is 25.3 Å². The lowest BCUT2D eigenvalue weighted by Gasteiger charge is -2.48. The van der Waals surface area contributed by atoms with Gasteiger partial charge in [0.15, 0.2) is 0 Å². The van der Waals surface area contributed by atoms with E-state index in [4.69, 9.17) is 9.47 Å². The molecular formula is C22H26N2O4. The summed E-state index contributed by atoms with van der Waals surface area (Å²) < 4.78 is 10.8. The second kappa shape index (κ2) is 6.08. The molecule has 5 rings (SSSR count). The van der Waals surface area contributed by atoms with Gasteiger partial charge >= 0.3 is 5.97 Å². The van der Waals surface area contributed by atoms with Crippen molar-refractivity contribution in [3.63, 3.8) is 0 Å². The molecule has 6 heteroatoms. The van der Waals surface area contributed by atoms with E-state index in [2.05, 4.69) is 17.9 Å². The van der Waals surface area contributed by atoms with Crippen molar-refractivity contribution in [1.29, 1.82) is 0 Å². The van der Waals surface area contributed by atoms with Crippen molar-refractivity contribution in [3.05, 3.63) is 41.7 Å². The number of methoxy groups -OCH3 is 1. The van der Waals surface area contributed by atoms with Crippen molar-refractivity contribution in [3.8, 4) is 0 Å². The molecule has 0 aromatic heterocycles. The molecule has 0 aliphatic carbocycles. The van der Waals surface area contributed by atoms with Crippen molar-refractivity contribution in [1.82, 2.24) is 4.90 Å². The molecule has 148 valence electrons. The van der Waals surface area contributed by atoms with Gasteiger partial charge in [-0.1, -0.05) is 18.2 Å². The minimum Gasteiger partial charge on any atom is -0.497 e. The third-order valence-corrected chi connectivity index (χ3v) is 7.51. The molecule has 2 fully saturated rings. The Morgan fingerprint density at radius 1 is 1.32 bits per heavy atom. The summed E-state index contributed by atoms with van der Waals surface area (Å²) in [4.78, 5) is 30.2. The van der Waals surface area contributed by atoms with E-state index in [9.17, 15) is 9.59 Å². The number of carbonyl (C=O) groups is 2. The maximum absolute atomic E-state index is 13.5. The van der Waals surface area contributed by atoms with Gasteiger partial charge in [0.25, 0.3) is 0 Å².